The van der Waals surface area contributed by atoms with Gasteiger partial charge in [0.15, 0.2) is 0 Å². The normalized spacial score (nSPS) is 13.0. The van der Waals surface area contributed by atoms with Crippen LogP contribution in [0.3, 0.4) is 0 Å². The van der Waals surface area contributed by atoms with Gasteiger partial charge >= 0.3 is 0 Å². The Hall–Kier alpha value is -0.580. The summed E-state index contributed by atoms with van der Waals surface area (Å²) in [6.45, 7) is 8.31. The van der Waals surface area contributed by atoms with E-state index in [0.717, 1.165) is 30.9 Å². The van der Waals surface area contributed by atoms with Crippen LogP contribution in [-0.2, 0) is 13.0 Å². The molecule has 1 rings (SSSR count). The first-order valence-electron chi connectivity index (χ1n) is 6.20. The third kappa shape index (κ3) is 3.98. The summed E-state index contributed by atoms with van der Waals surface area (Å²) >= 11 is 6.18. The van der Waals surface area contributed by atoms with Crippen LogP contribution in [0.1, 0.15) is 31.7 Å². The zero-order chi connectivity index (χ0) is 12.8. The van der Waals surface area contributed by atoms with E-state index in [2.05, 4.69) is 17.3 Å². The third-order valence-electron chi connectivity index (χ3n) is 2.69. The number of aromatic nitrogens is 2. The van der Waals surface area contributed by atoms with Crippen LogP contribution in [0.5, 0.6) is 0 Å². The van der Waals surface area contributed by atoms with Gasteiger partial charge in [0.25, 0.3) is 0 Å². The summed E-state index contributed by atoms with van der Waals surface area (Å²) in [5.41, 5.74) is 1.76. The topological polar surface area (TPSA) is 50.1 Å². The molecule has 1 aromatic rings. The maximum Gasteiger partial charge on any atom is 0.0848 e. The van der Waals surface area contributed by atoms with E-state index in [4.69, 9.17) is 11.6 Å². The zero-order valence-electron chi connectivity index (χ0n) is 10.8. The third-order valence-corrected chi connectivity index (χ3v) is 3.18. The standard InChI is InChI=1S/C12H22ClN3O/c1-4-6-14-8-10(17)7-11-12(13)9(3)15-16(11)5-2/h10,14,17H,4-8H2,1-3H3. The number of hydrogen-bond donors (Lipinski definition) is 2. The highest BCUT2D eigenvalue weighted by atomic mass is 35.5. The van der Waals surface area contributed by atoms with Crippen molar-refractivity contribution in [3.8, 4) is 0 Å². The predicted molar refractivity (Wildman–Crippen MR) is 70.5 cm³/mol. The fraction of sp³-hybridized carbons (Fsp3) is 0.750. The van der Waals surface area contributed by atoms with Crippen molar-refractivity contribution in [2.45, 2.75) is 46.3 Å². The van der Waals surface area contributed by atoms with E-state index < -0.39 is 6.10 Å². The Bertz CT molecular complexity index is 352. The van der Waals surface area contributed by atoms with Gasteiger partial charge in [0.1, 0.15) is 0 Å². The van der Waals surface area contributed by atoms with Crippen molar-refractivity contribution in [3.05, 3.63) is 16.4 Å². The Morgan fingerprint density at radius 3 is 2.76 bits per heavy atom. The summed E-state index contributed by atoms with van der Waals surface area (Å²) in [6, 6.07) is 0. The molecule has 98 valence electrons. The highest BCUT2D eigenvalue weighted by molar-refractivity contribution is 6.31. The Kier molecular flexibility index (Phi) is 5.95. The molecule has 1 heterocycles. The van der Waals surface area contributed by atoms with Crippen molar-refractivity contribution in [2.75, 3.05) is 13.1 Å². The molecule has 0 amide bonds. The average molecular weight is 260 g/mol. The molecule has 0 saturated carbocycles. The molecule has 0 aliphatic heterocycles. The van der Waals surface area contributed by atoms with Crippen molar-refractivity contribution in [1.82, 2.24) is 15.1 Å². The minimum absolute atomic E-state index is 0.416. The number of aliphatic hydroxyl groups is 1. The monoisotopic (exact) mass is 259 g/mol. The Balaban J connectivity index is 2.60. The van der Waals surface area contributed by atoms with Crippen LogP contribution >= 0.6 is 11.6 Å². The highest BCUT2D eigenvalue weighted by Gasteiger charge is 2.15. The van der Waals surface area contributed by atoms with Crippen LogP contribution in [0.4, 0.5) is 0 Å². The van der Waals surface area contributed by atoms with Crippen molar-refractivity contribution in [3.63, 3.8) is 0 Å². The SMILES string of the molecule is CCCNCC(O)Cc1c(Cl)c(C)nn1CC. The molecule has 0 radical (unpaired) electrons. The van der Waals surface area contributed by atoms with Gasteiger partial charge in [-0.25, -0.2) is 0 Å². The molecule has 2 N–H and O–H groups in total. The van der Waals surface area contributed by atoms with Gasteiger partial charge in [-0.15, -0.1) is 0 Å². The number of halogens is 1. The number of nitrogens with one attached hydrogen (secondary N) is 1. The van der Waals surface area contributed by atoms with E-state index in [1.54, 1.807) is 0 Å². The number of rotatable bonds is 7. The second-order valence-corrected chi connectivity index (χ2v) is 4.60. The lowest BCUT2D eigenvalue weighted by molar-refractivity contribution is 0.169. The Morgan fingerprint density at radius 2 is 2.18 bits per heavy atom. The van der Waals surface area contributed by atoms with E-state index in [1.807, 2.05) is 18.5 Å². The minimum atomic E-state index is -0.416. The first-order chi connectivity index (χ1) is 8.10. The molecule has 0 saturated heterocycles. The molecule has 17 heavy (non-hydrogen) atoms. The molecule has 1 atom stereocenters. The summed E-state index contributed by atoms with van der Waals surface area (Å²) < 4.78 is 1.86. The summed E-state index contributed by atoms with van der Waals surface area (Å²) in [5.74, 6) is 0. The summed E-state index contributed by atoms with van der Waals surface area (Å²) in [4.78, 5) is 0. The molecule has 0 bridgehead atoms. The molecule has 0 aliphatic carbocycles. The smallest absolute Gasteiger partial charge is 0.0848 e. The first-order valence-corrected chi connectivity index (χ1v) is 6.58. The highest BCUT2D eigenvalue weighted by Crippen LogP contribution is 2.21. The summed E-state index contributed by atoms with van der Waals surface area (Å²) in [6.07, 6.45) is 1.20. The molecular weight excluding hydrogens is 238 g/mol. The van der Waals surface area contributed by atoms with Gasteiger partial charge in [-0.2, -0.15) is 5.10 Å². The number of hydrogen-bond acceptors (Lipinski definition) is 3. The van der Waals surface area contributed by atoms with Crippen LogP contribution in [0.15, 0.2) is 0 Å². The lowest BCUT2D eigenvalue weighted by Crippen LogP contribution is -2.29. The van der Waals surface area contributed by atoms with Crippen molar-refractivity contribution in [1.29, 1.82) is 0 Å². The number of nitrogens with zero attached hydrogens (tertiary/aromatic N) is 2. The van der Waals surface area contributed by atoms with Gasteiger partial charge < -0.3 is 10.4 Å². The summed E-state index contributed by atoms with van der Waals surface area (Å²) in [5, 5.41) is 18.1. The van der Waals surface area contributed by atoms with Gasteiger partial charge in [0.05, 0.1) is 22.5 Å². The Morgan fingerprint density at radius 1 is 1.47 bits per heavy atom. The van der Waals surface area contributed by atoms with Gasteiger partial charge in [-0.3, -0.25) is 4.68 Å². The van der Waals surface area contributed by atoms with Crippen LogP contribution in [-0.4, -0.2) is 34.1 Å². The van der Waals surface area contributed by atoms with Crippen LogP contribution in [0.2, 0.25) is 5.02 Å². The largest absolute Gasteiger partial charge is 0.391 e. The molecule has 4 nitrogen and oxygen atoms in total. The number of aryl methyl sites for hydroxylation is 2. The van der Waals surface area contributed by atoms with Gasteiger partial charge in [-0.1, -0.05) is 18.5 Å². The zero-order valence-corrected chi connectivity index (χ0v) is 11.6. The molecule has 5 heteroatoms. The lowest BCUT2D eigenvalue weighted by atomic mass is 10.2. The van der Waals surface area contributed by atoms with E-state index in [1.165, 1.54) is 0 Å². The molecule has 1 unspecified atom stereocenters. The second kappa shape index (κ2) is 6.99. The molecular formula is C12H22ClN3O. The second-order valence-electron chi connectivity index (χ2n) is 4.22. The van der Waals surface area contributed by atoms with Crippen LogP contribution < -0.4 is 5.32 Å². The number of aliphatic hydroxyl groups excluding tert-OH is 1. The quantitative estimate of drug-likeness (QED) is 0.734. The first kappa shape index (κ1) is 14.5. The van der Waals surface area contributed by atoms with E-state index in [0.29, 0.717) is 18.0 Å². The maximum atomic E-state index is 9.92. The van der Waals surface area contributed by atoms with Gasteiger partial charge in [-0.05, 0) is 26.8 Å². The Labute approximate surface area is 108 Å². The van der Waals surface area contributed by atoms with Gasteiger partial charge in [0.2, 0.25) is 0 Å². The molecule has 1 aromatic heterocycles. The summed E-state index contributed by atoms with van der Waals surface area (Å²) in [7, 11) is 0. The predicted octanol–water partition coefficient (Wildman–Crippen LogP) is 1.77. The minimum Gasteiger partial charge on any atom is -0.391 e. The lowest BCUT2D eigenvalue weighted by Gasteiger charge is -2.12. The average Bonchev–Trinajstić information content (AvgIpc) is 2.57. The van der Waals surface area contributed by atoms with Crippen LogP contribution in [0, 0.1) is 6.92 Å². The van der Waals surface area contributed by atoms with E-state index in [-0.39, 0.29) is 0 Å². The molecule has 0 spiro atoms. The van der Waals surface area contributed by atoms with Crippen molar-refractivity contribution in [2.24, 2.45) is 0 Å². The van der Waals surface area contributed by atoms with E-state index in [9.17, 15) is 5.11 Å². The fourth-order valence-electron chi connectivity index (χ4n) is 1.80. The maximum absolute atomic E-state index is 9.92. The molecule has 0 fully saturated rings. The molecule has 0 aromatic carbocycles. The van der Waals surface area contributed by atoms with Crippen molar-refractivity contribution < 1.29 is 5.11 Å². The van der Waals surface area contributed by atoms with Gasteiger partial charge in [0, 0.05) is 19.5 Å². The van der Waals surface area contributed by atoms with Crippen molar-refractivity contribution >= 4 is 11.6 Å². The molecule has 0 aliphatic rings. The fourth-order valence-corrected chi connectivity index (χ4v) is 2.02. The van der Waals surface area contributed by atoms with Crippen LogP contribution in [0.25, 0.3) is 0 Å². The van der Waals surface area contributed by atoms with E-state index >= 15 is 0 Å².